The predicted octanol–water partition coefficient (Wildman–Crippen LogP) is 3.20. The molecule has 1 aliphatic rings. The van der Waals surface area contributed by atoms with Crippen LogP contribution in [0.2, 0.25) is 0 Å². The third-order valence-electron chi connectivity index (χ3n) is 4.81. The molecule has 0 N–H and O–H groups in total. The van der Waals surface area contributed by atoms with Crippen LogP contribution < -0.4 is 9.80 Å². The monoisotopic (exact) mass is 380 g/mol. The number of hydrogen-bond donors (Lipinski definition) is 0. The van der Waals surface area contributed by atoms with Gasteiger partial charge >= 0.3 is 5.97 Å². The Morgan fingerprint density at radius 3 is 2.54 bits per heavy atom. The topological polar surface area (TPSA) is 66.9 Å². The van der Waals surface area contributed by atoms with Gasteiger partial charge in [0, 0.05) is 32.1 Å². The minimum Gasteiger partial charge on any atom is -0.462 e. The van der Waals surface area contributed by atoms with Gasteiger partial charge in [-0.05, 0) is 37.1 Å². The highest BCUT2D eigenvalue weighted by atomic mass is 16.5. The number of benzene rings is 2. The highest BCUT2D eigenvalue weighted by molar-refractivity contribution is 6.03. The van der Waals surface area contributed by atoms with Crippen LogP contribution in [0.1, 0.15) is 36.2 Å². The molecule has 0 aliphatic carbocycles. The van der Waals surface area contributed by atoms with Crippen LogP contribution in [0.15, 0.2) is 48.5 Å². The second kappa shape index (κ2) is 8.69. The molecular weight excluding hydrogens is 356 g/mol. The second-order valence-electron chi connectivity index (χ2n) is 6.58. The molecule has 2 amide bonds. The van der Waals surface area contributed by atoms with Gasteiger partial charge in [0.2, 0.25) is 11.8 Å². The van der Waals surface area contributed by atoms with Crippen molar-refractivity contribution in [1.82, 2.24) is 0 Å². The molecule has 0 radical (unpaired) electrons. The first-order valence-electron chi connectivity index (χ1n) is 9.45. The number of fused-ring (bicyclic) bond motifs is 1. The van der Waals surface area contributed by atoms with Crippen LogP contribution in [-0.2, 0) is 20.7 Å². The quantitative estimate of drug-likeness (QED) is 0.722. The van der Waals surface area contributed by atoms with Crippen molar-refractivity contribution in [3.05, 3.63) is 59.7 Å². The lowest BCUT2D eigenvalue weighted by Gasteiger charge is -2.25. The van der Waals surface area contributed by atoms with Gasteiger partial charge in [-0.15, -0.1) is 0 Å². The summed E-state index contributed by atoms with van der Waals surface area (Å²) in [5, 5.41) is 0. The zero-order valence-electron chi connectivity index (χ0n) is 16.2. The van der Waals surface area contributed by atoms with Crippen molar-refractivity contribution in [1.29, 1.82) is 0 Å². The largest absolute Gasteiger partial charge is 0.462 e. The van der Waals surface area contributed by atoms with Gasteiger partial charge < -0.3 is 14.5 Å². The van der Waals surface area contributed by atoms with E-state index in [1.165, 1.54) is 11.8 Å². The van der Waals surface area contributed by atoms with E-state index in [9.17, 15) is 14.4 Å². The Hall–Kier alpha value is -3.15. The third-order valence-corrected chi connectivity index (χ3v) is 4.81. The number of amides is 2. The molecule has 0 spiro atoms. The van der Waals surface area contributed by atoms with E-state index in [1.54, 1.807) is 36.1 Å². The summed E-state index contributed by atoms with van der Waals surface area (Å²) in [7, 11) is 0. The first-order chi connectivity index (χ1) is 13.5. The van der Waals surface area contributed by atoms with Gasteiger partial charge in [-0.2, -0.15) is 0 Å². The number of esters is 1. The summed E-state index contributed by atoms with van der Waals surface area (Å²) in [6.45, 7) is 4.26. The molecule has 28 heavy (non-hydrogen) atoms. The smallest absolute Gasteiger partial charge is 0.340 e. The number of rotatable bonds is 6. The lowest BCUT2D eigenvalue weighted by molar-refractivity contribution is -0.118. The molecule has 1 aliphatic heterocycles. The highest BCUT2D eigenvalue weighted by Crippen LogP contribution is 2.28. The van der Waals surface area contributed by atoms with Crippen molar-refractivity contribution in [3.8, 4) is 0 Å². The number of anilines is 2. The van der Waals surface area contributed by atoms with Gasteiger partial charge in [0.25, 0.3) is 0 Å². The van der Waals surface area contributed by atoms with Gasteiger partial charge in [0.15, 0.2) is 0 Å². The molecular formula is C22H24N2O4. The van der Waals surface area contributed by atoms with Crippen molar-refractivity contribution < 1.29 is 19.1 Å². The van der Waals surface area contributed by atoms with Crippen molar-refractivity contribution in [2.24, 2.45) is 0 Å². The van der Waals surface area contributed by atoms with Crippen molar-refractivity contribution in [3.63, 3.8) is 0 Å². The fourth-order valence-electron chi connectivity index (χ4n) is 3.48. The van der Waals surface area contributed by atoms with E-state index in [0.29, 0.717) is 17.8 Å². The molecule has 6 heteroatoms. The lowest BCUT2D eigenvalue weighted by atomic mass is 10.1. The molecule has 3 rings (SSSR count). The number of nitrogens with zero attached hydrogens (tertiary/aromatic N) is 2. The van der Waals surface area contributed by atoms with E-state index < -0.39 is 5.97 Å². The second-order valence-corrected chi connectivity index (χ2v) is 6.58. The van der Waals surface area contributed by atoms with Gasteiger partial charge in [-0.1, -0.05) is 30.3 Å². The Labute approximate surface area is 164 Å². The van der Waals surface area contributed by atoms with Crippen LogP contribution >= 0.6 is 0 Å². The Kier molecular flexibility index (Phi) is 6.09. The molecule has 1 heterocycles. The van der Waals surface area contributed by atoms with E-state index in [-0.39, 0.29) is 31.4 Å². The average molecular weight is 380 g/mol. The van der Waals surface area contributed by atoms with Crippen molar-refractivity contribution in [2.45, 2.75) is 26.7 Å². The molecule has 0 bridgehead atoms. The Balaban J connectivity index is 1.76. The van der Waals surface area contributed by atoms with E-state index in [0.717, 1.165) is 17.7 Å². The summed E-state index contributed by atoms with van der Waals surface area (Å²) >= 11 is 0. The van der Waals surface area contributed by atoms with Crippen LogP contribution in [0.25, 0.3) is 0 Å². The zero-order chi connectivity index (χ0) is 20.1. The predicted molar refractivity (Wildman–Crippen MR) is 108 cm³/mol. The molecule has 0 fully saturated rings. The zero-order valence-corrected chi connectivity index (χ0v) is 16.2. The van der Waals surface area contributed by atoms with Crippen LogP contribution in [0.5, 0.6) is 0 Å². The van der Waals surface area contributed by atoms with Crippen molar-refractivity contribution in [2.75, 3.05) is 29.5 Å². The maximum atomic E-state index is 12.8. The number of hydrogen-bond acceptors (Lipinski definition) is 4. The van der Waals surface area contributed by atoms with Crippen molar-refractivity contribution >= 4 is 29.2 Å². The highest BCUT2D eigenvalue weighted by Gasteiger charge is 2.26. The summed E-state index contributed by atoms with van der Waals surface area (Å²) in [5.74, 6) is -0.750. The van der Waals surface area contributed by atoms with Crippen LogP contribution in [0.3, 0.4) is 0 Å². The summed E-state index contributed by atoms with van der Waals surface area (Å²) in [6.07, 6.45) is 1.01. The van der Waals surface area contributed by atoms with Gasteiger partial charge in [-0.3, -0.25) is 9.59 Å². The standard InChI is InChI=1S/C22H24N2O4/c1-3-28-22(27)18-9-5-7-11-20(18)23(16(2)25)15-13-21(26)24-14-12-17-8-4-6-10-19(17)24/h4-11H,3,12-15H2,1-2H3. The normalized spacial score (nSPS) is 12.4. The summed E-state index contributed by atoms with van der Waals surface area (Å²) in [5.41, 5.74) is 2.88. The molecule has 6 nitrogen and oxygen atoms in total. The Morgan fingerprint density at radius 2 is 1.79 bits per heavy atom. The summed E-state index contributed by atoms with van der Waals surface area (Å²) in [4.78, 5) is 40.5. The molecule has 2 aromatic carbocycles. The number of ether oxygens (including phenoxy) is 1. The third kappa shape index (κ3) is 4.06. The Bertz CT molecular complexity index is 894. The van der Waals surface area contributed by atoms with Gasteiger partial charge in [0.1, 0.15) is 0 Å². The fourth-order valence-corrected chi connectivity index (χ4v) is 3.48. The maximum absolute atomic E-state index is 12.8. The maximum Gasteiger partial charge on any atom is 0.340 e. The summed E-state index contributed by atoms with van der Waals surface area (Å²) in [6, 6.07) is 14.7. The number of carbonyl (C=O) groups excluding carboxylic acids is 3. The first-order valence-corrected chi connectivity index (χ1v) is 9.45. The SMILES string of the molecule is CCOC(=O)c1ccccc1N(CCC(=O)N1CCc2ccccc21)C(C)=O. The Morgan fingerprint density at radius 1 is 1.07 bits per heavy atom. The number of para-hydroxylation sites is 2. The minimum absolute atomic E-state index is 0.0372. The fraction of sp³-hybridized carbons (Fsp3) is 0.318. The van der Waals surface area contributed by atoms with Crippen LogP contribution in [0, 0.1) is 0 Å². The number of carbonyl (C=O) groups is 3. The molecule has 0 unspecified atom stereocenters. The first kappa shape index (κ1) is 19.6. The minimum atomic E-state index is -0.482. The molecule has 0 saturated carbocycles. The molecule has 0 saturated heterocycles. The van der Waals surface area contributed by atoms with Crippen LogP contribution in [0.4, 0.5) is 11.4 Å². The van der Waals surface area contributed by atoms with Crippen LogP contribution in [-0.4, -0.2) is 37.5 Å². The lowest BCUT2D eigenvalue weighted by Crippen LogP contribution is -2.36. The molecule has 146 valence electrons. The molecule has 0 aromatic heterocycles. The summed E-state index contributed by atoms with van der Waals surface area (Å²) < 4.78 is 5.09. The molecule has 0 atom stereocenters. The van der Waals surface area contributed by atoms with E-state index in [4.69, 9.17) is 4.74 Å². The van der Waals surface area contributed by atoms with E-state index >= 15 is 0 Å². The van der Waals surface area contributed by atoms with Gasteiger partial charge in [-0.25, -0.2) is 4.79 Å². The van der Waals surface area contributed by atoms with E-state index in [2.05, 4.69) is 0 Å². The average Bonchev–Trinajstić information content (AvgIpc) is 3.12. The van der Waals surface area contributed by atoms with Gasteiger partial charge in [0.05, 0.1) is 17.9 Å². The molecule has 2 aromatic rings. The van der Waals surface area contributed by atoms with E-state index in [1.807, 2.05) is 24.3 Å².